The molecule has 3 rings (SSSR count). The molecular formula is C18H30N8. The van der Waals surface area contributed by atoms with Gasteiger partial charge in [-0.15, -0.1) is 0 Å². The molecule has 8 nitrogen and oxygen atoms in total. The number of hydrogen-bond donors (Lipinski definition) is 2. The van der Waals surface area contributed by atoms with E-state index in [1.165, 1.54) is 17.0 Å². The van der Waals surface area contributed by atoms with Crippen LogP contribution in [-0.4, -0.2) is 56.0 Å². The number of aromatic amines is 1. The van der Waals surface area contributed by atoms with Crippen LogP contribution in [0.2, 0.25) is 0 Å². The minimum Gasteiger partial charge on any atom is -0.352 e. The van der Waals surface area contributed by atoms with Crippen molar-refractivity contribution in [1.82, 2.24) is 35.2 Å². The standard InChI is InChI=1S/C18H30N8/c1-5-15-14(16(6-2)25(4)24-15)11-20-18(19-3)26-9-7-13(8-10-26)17-21-12-22-23-17/h12-13H,5-11H2,1-4H3,(H,19,20)(H,21,22,23). The van der Waals surface area contributed by atoms with Gasteiger partial charge < -0.3 is 10.2 Å². The molecule has 1 aliphatic heterocycles. The lowest BCUT2D eigenvalue weighted by molar-refractivity contribution is 0.298. The molecular weight excluding hydrogens is 328 g/mol. The molecule has 2 N–H and O–H groups in total. The predicted octanol–water partition coefficient (Wildman–Crippen LogP) is 1.62. The smallest absolute Gasteiger partial charge is 0.193 e. The molecule has 0 bridgehead atoms. The van der Waals surface area contributed by atoms with Gasteiger partial charge in [0.05, 0.1) is 5.69 Å². The van der Waals surface area contributed by atoms with Crippen LogP contribution in [0.25, 0.3) is 0 Å². The van der Waals surface area contributed by atoms with E-state index in [2.05, 4.69) is 49.3 Å². The lowest BCUT2D eigenvalue weighted by atomic mass is 9.96. The maximum atomic E-state index is 4.66. The highest BCUT2D eigenvalue weighted by Gasteiger charge is 2.24. The van der Waals surface area contributed by atoms with Crippen molar-refractivity contribution in [1.29, 1.82) is 0 Å². The minimum absolute atomic E-state index is 0.462. The van der Waals surface area contributed by atoms with Gasteiger partial charge in [-0.05, 0) is 25.7 Å². The number of hydrogen-bond acceptors (Lipinski definition) is 4. The Labute approximate surface area is 155 Å². The van der Waals surface area contributed by atoms with Crippen LogP contribution >= 0.6 is 0 Å². The van der Waals surface area contributed by atoms with Gasteiger partial charge in [-0.2, -0.15) is 10.2 Å². The first-order valence-corrected chi connectivity index (χ1v) is 9.52. The van der Waals surface area contributed by atoms with E-state index in [1.807, 2.05) is 18.8 Å². The molecule has 26 heavy (non-hydrogen) atoms. The Morgan fingerprint density at radius 2 is 2.08 bits per heavy atom. The highest BCUT2D eigenvalue weighted by Crippen LogP contribution is 2.25. The average molecular weight is 358 g/mol. The summed E-state index contributed by atoms with van der Waals surface area (Å²) in [5.74, 6) is 2.43. The summed E-state index contributed by atoms with van der Waals surface area (Å²) in [4.78, 5) is 11.1. The number of H-pyrrole nitrogens is 1. The summed E-state index contributed by atoms with van der Waals surface area (Å²) in [6.45, 7) is 7.06. The summed E-state index contributed by atoms with van der Waals surface area (Å²) >= 11 is 0. The molecule has 3 heterocycles. The van der Waals surface area contributed by atoms with Gasteiger partial charge in [0.1, 0.15) is 12.2 Å². The van der Waals surface area contributed by atoms with Gasteiger partial charge >= 0.3 is 0 Å². The minimum atomic E-state index is 0.462. The molecule has 1 saturated heterocycles. The second-order valence-electron chi connectivity index (χ2n) is 6.74. The second-order valence-corrected chi connectivity index (χ2v) is 6.74. The van der Waals surface area contributed by atoms with Crippen LogP contribution in [0.5, 0.6) is 0 Å². The highest BCUT2D eigenvalue weighted by atomic mass is 15.3. The summed E-state index contributed by atoms with van der Waals surface area (Å²) in [7, 11) is 3.89. The number of aliphatic imine (C=N–C) groups is 1. The van der Waals surface area contributed by atoms with Crippen molar-refractivity contribution in [3.63, 3.8) is 0 Å². The quantitative estimate of drug-likeness (QED) is 0.626. The third-order valence-corrected chi connectivity index (χ3v) is 5.28. The van der Waals surface area contributed by atoms with Crippen molar-refractivity contribution in [3.05, 3.63) is 29.1 Å². The van der Waals surface area contributed by atoms with Crippen LogP contribution in [0.3, 0.4) is 0 Å². The second kappa shape index (κ2) is 8.33. The van der Waals surface area contributed by atoms with E-state index in [9.17, 15) is 0 Å². The van der Waals surface area contributed by atoms with Crippen molar-refractivity contribution in [2.45, 2.75) is 52.0 Å². The SMILES string of the molecule is CCc1nn(C)c(CC)c1CNC(=NC)N1CCC(c2ncn[nH]2)CC1. The van der Waals surface area contributed by atoms with E-state index in [0.29, 0.717) is 5.92 Å². The molecule has 0 unspecified atom stereocenters. The van der Waals surface area contributed by atoms with Crippen molar-refractivity contribution in [3.8, 4) is 0 Å². The molecule has 0 saturated carbocycles. The number of likely N-dealkylation sites (tertiary alicyclic amines) is 1. The zero-order chi connectivity index (χ0) is 18.5. The third-order valence-electron chi connectivity index (χ3n) is 5.28. The number of piperidine rings is 1. The van der Waals surface area contributed by atoms with Crippen LogP contribution in [-0.2, 0) is 26.4 Å². The molecule has 0 radical (unpaired) electrons. The van der Waals surface area contributed by atoms with Crippen LogP contribution in [0.4, 0.5) is 0 Å². The predicted molar refractivity (Wildman–Crippen MR) is 102 cm³/mol. The Kier molecular flexibility index (Phi) is 5.90. The number of aromatic nitrogens is 5. The van der Waals surface area contributed by atoms with Crippen molar-refractivity contribution >= 4 is 5.96 Å². The summed E-state index contributed by atoms with van der Waals surface area (Å²) < 4.78 is 2.02. The largest absolute Gasteiger partial charge is 0.352 e. The van der Waals surface area contributed by atoms with Gasteiger partial charge in [0.25, 0.3) is 0 Å². The molecule has 8 heteroatoms. The molecule has 2 aromatic rings. The maximum absolute atomic E-state index is 4.66. The monoisotopic (exact) mass is 358 g/mol. The molecule has 0 aliphatic carbocycles. The molecule has 1 fully saturated rings. The molecule has 0 atom stereocenters. The van der Waals surface area contributed by atoms with Gasteiger partial charge in [0.15, 0.2) is 5.96 Å². The Morgan fingerprint density at radius 1 is 1.31 bits per heavy atom. The number of guanidine groups is 1. The van der Waals surface area contributed by atoms with Gasteiger partial charge in [0.2, 0.25) is 0 Å². The van der Waals surface area contributed by atoms with Gasteiger partial charge in [-0.3, -0.25) is 14.8 Å². The van der Waals surface area contributed by atoms with E-state index in [4.69, 9.17) is 0 Å². The Hall–Kier alpha value is -2.38. The molecule has 0 spiro atoms. The molecule has 142 valence electrons. The fraction of sp³-hybridized carbons (Fsp3) is 0.667. The number of aryl methyl sites for hydroxylation is 2. The molecule has 0 amide bonds. The normalized spacial score (nSPS) is 16.3. The summed E-state index contributed by atoms with van der Waals surface area (Å²) in [5.41, 5.74) is 3.79. The number of nitrogens with zero attached hydrogens (tertiary/aromatic N) is 6. The molecule has 2 aromatic heterocycles. The van der Waals surface area contributed by atoms with E-state index >= 15 is 0 Å². The van der Waals surface area contributed by atoms with Gasteiger partial charge in [-0.25, -0.2) is 4.98 Å². The maximum Gasteiger partial charge on any atom is 0.193 e. The number of rotatable bonds is 5. The van der Waals surface area contributed by atoms with Crippen LogP contribution < -0.4 is 5.32 Å². The van der Waals surface area contributed by atoms with E-state index in [0.717, 1.165) is 57.1 Å². The van der Waals surface area contributed by atoms with Crippen LogP contribution in [0, 0.1) is 0 Å². The van der Waals surface area contributed by atoms with E-state index in [1.54, 1.807) is 6.33 Å². The van der Waals surface area contributed by atoms with E-state index in [-0.39, 0.29) is 0 Å². The van der Waals surface area contributed by atoms with Crippen molar-refractivity contribution in [2.75, 3.05) is 20.1 Å². The first-order chi connectivity index (χ1) is 12.7. The first kappa shape index (κ1) is 18.4. The van der Waals surface area contributed by atoms with Crippen molar-refractivity contribution in [2.24, 2.45) is 12.0 Å². The molecule has 0 aromatic carbocycles. The number of nitrogens with one attached hydrogen (secondary N) is 2. The highest BCUT2D eigenvalue weighted by molar-refractivity contribution is 5.80. The van der Waals surface area contributed by atoms with Crippen molar-refractivity contribution < 1.29 is 0 Å². The lowest BCUT2D eigenvalue weighted by Gasteiger charge is -2.33. The van der Waals surface area contributed by atoms with Gasteiger partial charge in [0, 0.05) is 50.9 Å². The topological polar surface area (TPSA) is 87.0 Å². The first-order valence-electron chi connectivity index (χ1n) is 9.52. The van der Waals surface area contributed by atoms with E-state index < -0.39 is 0 Å². The molecule has 1 aliphatic rings. The summed E-state index contributed by atoms with van der Waals surface area (Å²) in [6.07, 6.45) is 5.65. The van der Waals surface area contributed by atoms with Crippen LogP contribution in [0.15, 0.2) is 11.3 Å². The summed E-state index contributed by atoms with van der Waals surface area (Å²) in [6, 6.07) is 0. The Bertz CT molecular complexity index is 723. The lowest BCUT2D eigenvalue weighted by Crippen LogP contribution is -2.45. The van der Waals surface area contributed by atoms with Gasteiger partial charge in [-0.1, -0.05) is 13.8 Å². The average Bonchev–Trinajstić information content (AvgIpc) is 3.30. The third kappa shape index (κ3) is 3.73. The zero-order valence-corrected chi connectivity index (χ0v) is 16.3. The fourth-order valence-corrected chi connectivity index (χ4v) is 3.87. The Balaban J connectivity index is 1.61. The Morgan fingerprint density at radius 3 is 2.65 bits per heavy atom. The zero-order valence-electron chi connectivity index (χ0n) is 16.3. The summed E-state index contributed by atoms with van der Waals surface area (Å²) in [5, 5.41) is 15.2. The van der Waals surface area contributed by atoms with Crippen LogP contribution in [0.1, 0.15) is 55.4 Å². The fourth-order valence-electron chi connectivity index (χ4n) is 3.87.